The van der Waals surface area contributed by atoms with Gasteiger partial charge in [0.25, 0.3) is 0 Å². The molecule has 0 saturated heterocycles. The van der Waals surface area contributed by atoms with Crippen LogP contribution in [0.15, 0.2) is 0 Å². The molecule has 6 heteroatoms. The highest BCUT2D eigenvalue weighted by Gasteiger charge is 2.11. The van der Waals surface area contributed by atoms with E-state index in [-0.39, 0.29) is 13.2 Å². The monoisotopic (exact) mass is 486 g/mol. The Morgan fingerprint density at radius 2 is 0.618 bits per heavy atom. The zero-order valence-electron chi connectivity index (χ0n) is 22.4. The highest BCUT2D eigenvalue weighted by atomic mass is 17.3. The average Bonchev–Trinajstić information content (AvgIpc) is 2.84. The van der Waals surface area contributed by atoms with Crippen molar-refractivity contribution in [2.75, 3.05) is 13.2 Å². The molecule has 0 fully saturated rings. The van der Waals surface area contributed by atoms with Crippen LogP contribution in [0.25, 0.3) is 0 Å². The predicted octanol–water partition coefficient (Wildman–Crippen LogP) is 9.83. The third-order valence-electron chi connectivity index (χ3n) is 6.11. The quantitative estimate of drug-likeness (QED) is 0.0585. The van der Waals surface area contributed by atoms with Crippen LogP contribution < -0.4 is 0 Å². The van der Waals surface area contributed by atoms with Gasteiger partial charge < -0.3 is 9.47 Å². The Kier molecular flexibility index (Phi) is 26.6. The van der Waals surface area contributed by atoms with Crippen LogP contribution in [0.5, 0.6) is 0 Å². The van der Waals surface area contributed by atoms with Crippen molar-refractivity contribution in [3.05, 3.63) is 0 Å². The smallest absolute Gasteiger partial charge is 0.432 e. The van der Waals surface area contributed by atoms with Crippen molar-refractivity contribution >= 4 is 12.3 Å². The Bertz CT molecular complexity index is 401. The van der Waals surface area contributed by atoms with Crippen LogP contribution in [0.3, 0.4) is 0 Å². The molecule has 0 bridgehead atoms. The number of ether oxygens (including phenoxy) is 2. The summed E-state index contributed by atoms with van der Waals surface area (Å²) in [6.07, 6.45) is 25.0. The summed E-state index contributed by atoms with van der Waals surface area (Å²) >= 11 is 0. The lowest BCUT2D eigenvalue weighted by molar-refractivity contribution is -0.217. The maximum absolute atomic E-state index is 11.4. The number of carbonyl (C=O) groups excluding carboxylic acids is 2. The molecular formula is C28H54O6. The van der Waals surface area contributed by atoms with Crippen molar-refractivity contribution in [3.63, 3.8) is 0 Å². The third-order valence-corrected chi connectivity index (χ3v) is 6.11. The summed E-state index contributed by atoms with van der Waals surface area (Å²) in [5.41, 5.74) is 0. The zero-order valence-corrected chi connectivity index (χ0v) is 22.4. The van der Waals surface area contributed by atoms with Gasteiger partial charge in [-0.2, -0.15) is 19.4 Å². The van der Waals surface area contributed by atoms with Gasteiger partial charge in [0.05, 0.1) is 13.2 Å². The molecule has 0 aromatic rings. The SMILES string of the molecule is CCCCCCCCCCCCCOC(=O)OOC(=O)OCCCCCCCCCCCCC. The molecule has 0 unspecified atom stereocenters. The molecule has 0 aromatic carbocycles. The molecule has 0 atom stereocenters. The van der Waals surface area contributed by atoms with Gasteiger partial charge in [0, 0.05) is 0 Å². The molecule has 0 N–H and O–H groups in total. The number of carbonyl (C=O) groups is 2. The molecule has 34 heavy (non-hydrogen) atoms. The zero-order chi connectivity index (χ0) is 25.0. The van der Waals surface area contributed by atoms with Crippen LogP contribution in [0, 0.1) is 0 Å². The van der Waals surface area contributed by atoms with E-state index in [9.17, 15) is 9.59 Å². The number of hydrogen-bond acceptors (Lipinski definition) is 6. The summed E-state index contributed by atoms with van der Waals surface area (Å²) in [6.45, 7) is 5.02. The molecule has 0 aliphatic rings. The predicted molar refractivity (Wildman–Crippen MR) is 138 cm³/mol. The van der Waals surface area contributed by atoms with E-state index in [4.69, 9.17) is 9.47 Å². The number of rotatable bonds is 24. The van der Waals surface area contributed by atoms with Crippen molar-refractivity contribution in [2.24, 2.45) is 0 Å². The van der Waals surface area contributed by atoms with Crippen LogP contribution in [0.2, 0.25) is 0 Å². The van der Waals surface area contributed by atoms with E-state index in [0.717, 1.165) is 38.5 Å². The number of unbranched alkanes of at least 4 members (excludes halogenated alkanes) is 20. The average molecular weight is 487 g/mol. The molecule has 0 heterocycles. The van der Waals surface area contributed by atoms with E-state index < -0.39 is 12.3 Å². The van der Waals surface area contributed by atoms with Gasteiger partial charge in [-0.25, -0.2) is 0 Å². The molecule has 0 aliphatic heterocycles. The fraction of sp³-hybridized carbons (Fsp3) is 0.929. The molecule has 0 amide bonds. The van der Waals surface area contributed by atoms with Gasteiger partial charge in [0.15, 0.2) is 0 Å². The van der Waals surface area contributed by atoms with Crippen LogP contribution in [0.1, 0.15) is 155 Å². The molecule has 0 saturated carbocycles. The molecule has 0 spiro atoms. The standard InChI is InChI=1S/C28H54O6/c1-3-5-7-9-11-13-15-17-19-21-23-25-31-27(29)33-34-28(30)32-26-24-22-20-18-16-14-12-10-8-6-4-2/h3-26H2,1-2H3. The minimum Gasteiger partial charge on any atom is -0.432 e. The first-order valence-corrected chi connectivity index (χ1v) is 14.4. The van der Waals surface area contributed by atoms with Gasteiger partial charge >= 0.3 is 12.3 Å². The minimum absolute atomic E-state index is 0.271. The topological polar surface area (TPSA) is 71.1 Å². The van der Waals surface area contributed by atoms with E-state index in [2.05, 4.69) is 23.6 Å². The summed E-state index contributed by atoms with van der Waals surface area (Å²) in [7, 11) is 0. The highest BCUT2D eigenvalue weighted by molar-refractivity contribution is 5.63. The van der Waals surface area contributed by atoms with E-state index in [1.807, 2.05) is 0 Å². The Labute approximate surface area is 209 Å². The first-order chi connectivity index (χ1) is 16.7. The van der Waals surface area contributed by atoms with E-state index in [0.29, 0.717) is 0 Å². The lowest BCUT2D eigenvalue weighted by atomic mass is 10.1. The molecular weight excluding hydrogens is 432 g/mol. The summed E-state index contributed by atoms with van der Waals surface area (Å²) in [4.78, 5) is 31.5. The Morgan fingerprint density at radius 3 is 0.882 bits per heavy atom. The maximum atomic E-state index is 11.4. The van der Waals surface area contributed by atoms with E-state index in [1.165, 1.54) is 103 Å². The van der Waals surface area contributed by atoms with Gasteiger partial charge in [0.2, 0.25) is 0 Å². The molecule has 0 aliphatic carbocycles. The third kappa shape index (κ3) is 26.8. The van der Waals surface area contributed by atoms with Gasteiger partial charge in [-0.05, 0) is 12.8 Å². The van der Waals surface area contributed by atoms with Crippen molar-refractivity contribution in [2.45, 2.75) is 155 Å². The van der Waals surface area contributed by atoms with Gasteiger partial charge in [0.1, 0.15) is 0 Å². The lowest BCUT2D eigenvalue weighted by Gasteiger charge is -2.06. The van der Waals surface area contributed by atoms with E-state index >= 15 is 0 Å². The van der Waals surface area contributed by atoms with Gasteiger partial charge in [-0.15, -0.1) is 0 Å². The van der Waals surface area contributed by atoms with Crippen LogP contribution >= 0.6 is 0 Å². The lowest BCUT2D eigenvalue weighted by Crippen LogP contribution is -2.14. The van der Waals surface area contributed by atoms with Crippen molar-refractivity contribution in [1.82, 2.24) is 0 Å². The second-order valence-electron chi connectivity index (χ2n) is 9.43. The van der Waals surface area contributed by atoms with Gasteiger partial charge in [-0.3, -0.25) is 0 Å². The Balaban J connectivity index is 3.29. The maximum Gasteiger partial charge on any atom is 0.549 e. The van der Waals surface area contributed by atoms with Gasteiger partial charge in [-0.1, -0.05) is 142 Å². The molecule has 202 valence electrons. The second-order valence-corrected chi connectivity index (χ2v) is 9.43. The normalized spacial score (nSPS) is 10.8. The second kappa shape index (κ2) is 27.8. The fourth-order valence-corrected chi connectivity index (χ4v) is 3.96. The molecule has 0 radical (unpaired) electrons. The van der Waals surface area contributed by atoms with E-state index in [1.54, 1.807) is 0 Å². The summed E-state index contributed by atoms with van der Waals surface area (Å²) < 4.78 is 9.80. The summed E-state index contributed by atoms with van der Waals surface area (Å²) in [5.74, 6) is 0. The molecule has 6 nitrogen and oxygen atoms in total. The largest absolute Gasteiger partial charge is 0.549 e. The van der Waals surface area contributed by atoms with Crippen LogP contribution in [0.4, 0.5) is 9.59 Å². The van der Waals surface area contributed by atoms with Crippen LogP contribution in [-0.4, -0.2) is 25.5 Å². The van der Waals surface area contributed by atoms with Crippen molar-refractivity contribution in [3.8, 4) is 0 Å². The summed E-state index contributed by atoms with van der Waals surface area (Å²) in [6, 6.07) is 0. The fourth-order valence-electron chi connectivity index (χ4n) is 3.96. The minimum atomic E-state index is -1.00. The van der Waals surface area contributed by atoms with Crippen molar-refractivity contribution in [1.29, 1.82) is 0 Å². The molecule has 0 rings (SSSR count). The Morgan fingerprint density at radius 1 is 0.382 bits per heavy atom. The number of hydrogen-bond donors (Lipinski definition) is 0. The first-order valence-electron chi connectivity index (χ1n) is 14.4. The summed E-state index contributed by atoms with van der Waals surface area (Å²) in [5, 5.41) is 0. The van der Waals surface area contributed by atoms with Crippen LogP contribution in [-0.2, 0) is 19.2 Å². The molecule has 0 aromatic heterocycles. The highest BCUT2D eigenvalue weighted by Crippen LogP contribution is 2.12. The van der Waals surface area contributed by atoms with Crippen molar-refractivity contribution < 1.29 is 28.8 Å². The Hall–Kier alpha value is -1.46. The first kappa shape index (κ1) is 32.5.